The van der Waals surface area contributed by atoms with Gasteiger partial charge in [0.05, 0.1) is 12.1 Å². The van der Waals surface area contributed by atoms with Crippen LogP contribution >= 0.6 is 35.7 Å². The summed E-state index contributed by atoms with van der Waals surface area (Å²) in [4.78, 5) is 16.2. The summed E-state index contributed by atoms with van der Waals surface area (Å²) in [7, 11) is 1.63. The van der Waals surface area contributed by atoms with Gasteiger partial charge < -0.3 is 21.1 Å². The van der Waals surface area contributed by atoms with Gasteiger partial charge in [-0.15, -0.1) is 24.0 Å². The maximum absolute atomic E-state index is 11.7. The number of hydrogen-bond donors (Lipinski definition) is 4. The molecule has 1 aliphatic heterocycles. The minimum atomic E-state index is -0.672. The molecule has 1 fully saturated rings. The normalized spacial score (nSPS) is 19.6. The number of carbonyl (C=O) groups is 1. The maximum Gasteiger partial charge on any atom is 0.251 e. The molecule has 2 rings (SSSR count). The molecule has 146 valence electrons. The van der Waals surface area contributed by atoms with E-state index in [1.807, 2.05) is 31.2 Å². The topological polar surface area (TPSA) is 85.8 Å². The highest BCUT2D eigenvalue weighted by molar-refractivity contribution is 14.0. The van der Waals surface area contributed by atoms with Crippen LogP contribution in [-0.2, 0) is 6.42 Å². The highest BCUT2D eigenvalue weighted by Gasteiger charge is 2.31. The standard InChI is InChI=1S/C18H28N4O2S.HI/c1-3-20-17(22-12-18(24)8-10-25-13-18)21-9-7-14-5-4-6-15(11-14)16(23)19-2;/h4-6,11,24H,3,7-10,12-13H2,1-2H3,(H,19,23)(H2,20,21,22);1H. The van der Waals surface area contributed by atoms with Gasteiger partial charge in [0.15, 0.2) is 5.96 Å². The molecule has 26 heavy (non-hydrogen) atoms. The fourth-order valence-electron chi connectivity index (χ4n) is 2.63. The van der Waals surface area contributed by atoms with Gasteiger partial charge in [-0.25, -0.2) is 0 Å². The fraction of sp³-hybridized carbons (Fsp3) is 0.556. The summed E-state index contributed by atoms with van der Waals surface area (Å²) in [5.41, 5.74) is 1.09. The van der Waals surface area contributed by atoms with Crippen LogP contribution in [0.4, 0.5) is 0 Å². The first-order valence-corrected chi connectivity index (χ1v) is 9.85. The smallest absolute Gasteiger partial charge is 0.251 e. The zero-order chi connectivity index (χ0) is 18.1. The van der Waals surface area contributed by atoms with E-state index in [-0.39, 0.29) is 29.9 Å². The Hall–Kier alpha value is -1.00. The molecule has 1 unspecified atom stereocenters. The van der Waals surface area contributed by atoms with Crippen molar-refractivity contribution in [3.63, 3.8) is 0 Å². The van der Waals surface area contributed by atoms with Crippen LogP contribution in [0.2, 0.25) is 0 Å². The molecule has 6 nitrogen and oxygen atoms in total. The van der Waals surface area contributed by atoms with Crippen molar-refractivity contribution in [3.05, 3.63) is 35.4 Å². The molecule has 1 atom stereocenters. The van der Waals surface area contributed by atoms with Crippen LogP contribution in [0, 0.1) is 0 Å². The predicted octanol–water partition coefficient (Wildman–Crippen LogP) is 1.63. The Bertz CT molecular complexity index is 607. The molecule has 0 aromatic heterocycles. The van der Waals surface area contributed by atoms with Crippen molar-refractivity contribution >= 4 is 47.6 Å². The molecular formula is C18H29IN4O2S. The number of amides is 1. The van der Waals surface area contributed by atoms with Crippen LogP contribution in [0.15, 0.2) is 29.3 Å². The second-order valence-electron chi connectivity index (χ2n) is 6.18. The molecule has 0 radical (unpaired) electrons. The van der Waals surface area contributed by atoms with E-state index in [9.17, 15) is 9.90 Å². The number of aliphatic imine (C=N–C) groups is 1. The molecule has 1 aromatic rings. The Labute approximate surface area is 177 Å². The Morgan fingerprint density at radius 1 is 1.38 bits per heavy atom. The molecule has 1 amide bonds. The summed E-state index contributed by atoms with van der Waals surface area (Å²) >= 11 is 1.77. The van der Waals surface area contributed by atoms with Gasteiger partial charge in [0.2, 0.25) is 0 Å². The lowest BCUT2D eigenvalue weighted by Gasteiger charge is -2.19. The largest absolute Gasteiger partial charge is 0.387 e. The fourth-order valence-corrected chi connectivity index (χ4v) is 3.91. The molecule has 0 aliphatic carbocycles. The van der Waals surface area contributed by atoms with E-state index in [2.05, 4.69) is 20.9 Å². The van der Waals surface area contributed by atoms with Crippen LogP contribution in [-0.4, -0.2) is 60.8 Å². The molecule has 0 spiro atoms. The van der Waals surface area contributed by atoms with Crippen molar-refractivity contribution < 1.29 is 9.90 Å². The number of rotatable bonds is 7. The van der Waals surface area contributed by atoms with Gasteiger partial charge in [-0.05, 0) is 43.2 Å². The lowest BCUT2D eigenvalue weighted by atomic mass is 10.1. The molecule has 0 saturated carbocycles. The number of benzene rings is 1. The van der Waals surface area contributed by atoms with Gasteiger partial charge in [-0.2, -0.15) is 11.8 Å². The first kappa shape index (κ1) is 23.0. The van der Waals surface area contributed by atoms with Crippen molar-refractivity contribution in [2.75, 3.05) is 38.2 Å². The first-order chi connectivity index (χ1) is 12.1. The summed E-state index contributed by atoms with van der Waals surface area (Å²) in [5, 5.41) is 19.5. The summed E-state index contributed by atoms with van der Waals surface area (Å²) < 4.78 is 0. The second kappa shape index (κ2) is 11.7. The zero-order valence-electron chi connectivity index (χ0n) is 15.4. The lowest BCUT2D eigenvalue weighted by molar-refractivity contribution is 0.0778. The van der Waals surface area contributed by atoms with E-state index in [0.717, 1.165) is 42.4 Å². The Balaban J connectivity index is 0.00000338. The third kappa shape index (κ3) is 7.32. The highest BCUT2D eigenvalue weighted by atomic mass is 127. The van der Waals surface area contributed by atoms with Crippen LogP contribution in [0.25, 0.3) is 0 Å². The molecule has 1 aliphatic rings. The summed E-state index contributed by atoms with van der Waals surface area (Å²) in [6.45, 7) is 3.91. The van der Waals surface area contributed by atoms with Gasteiger partial charge in [-0.1, -0.05) is 12.1 Å². The predicted molar refractivity (Wildman–Crippen MR) is 120 cm³/mol. The maximum atomic E-state index is 11.7. The van der Waals surface area contributed by atoms with Gasteiger partial charge >= 0.3 is 0 Å². The van der Waals surface area contributed by atoms with E-state index in [4.69, 9.17) is 0 Å². The summed E-state index contributed by atoms with van der Waals surface area (Å²) in [5.74, 6) is 2.39. The van der Waals surface area contributed by atoms with Gasteiger partial charge in [0, 0.05) is 31.5 Å². The Morgan fingerprint density at radius 3 is 2.85 bits per heavy atom. The molecule has 1 saturated heterocycles. The van der Waals surface area contributed by atoms with Gasteiger partial charge in [-0.3, -0.25) is 9.79 Å². The number of nitrogens with zero attached hydrogens (tertiary/aromatic N) is 1. The average molecular weight is 492 g/mol. The molecular weight excluding hydrogens is 463 g/mol. The SMILES string of the molecule is CCNC(=NCC1(O)CCSC1)NCCc1cccc(C(=O)NC)c1.I. The molecule has 8 heteroatoms. The van der Waals surface area contributed by atoms with Crippen LogP contribution in [0.1, 0.15) is 29.3 Å². The minimum Gasteiger partial charge on any atom is -0.387 e. The monoisotopic (exact) mass is 492 g/mol. The van der Waals surface area contributed by atoms with E-state index in [1.165, 1.54) is 0 Å². The summed E-state index contributed by atoms with van der Waals surface area (Å²) in [6.07, 6.45) is 1.59. The van der Waals surface area contributed by atoms with E-state index in [0.29, 0.717) is 18.7 Å². The van der Waals surface area contributed by atoms with Crippen LogP contribution in [0.3, 0.4) is 0 Å². The Morgan fingerprint density at radius 2 is 2.19 bits per heavy atom. The number of aliphatic hydroxyl groups is 1. The van der Waals surface area contributed by atoms with Crippen molar-refractivity contribution in [3.8, 4) is 0 Å². The molecule has 1 aromatic carbocycles. The number of carbonyl (C=O) groups excluding carboxylic acids is 1. The molecule has 0 bridgehead atoms. The van der Waals surface area contributed by atoms with E-state index >= 15 is 0 Å². The third-order valence-electron chi connectivity index (χ3n) is 4.08. The van der Waals surface area contributed by atoms with Crippen molar-refractivity contribution in [2.24, 2.45) is 4.99 Å². The van der Waals surface area contributed by atoms with Crippen LogP contribution in [0.5, 0.6) is 0 Å². The highest BCUT2D eigenvalue weighted by Crippen LogP contribution is 2.27. The zero-order valence-corrected chi connectivity index (χ0v) is 18.5. The van der Waals surface area contributed by atoms with Crippen molar-refractivity contribution in [1.29, 1.82) is 0 Å². The number of hydrogen-bond acceptors (Lipinski definition) is 4. The quantitative estimate of drug-likeness (QED) is 0.264. The van der Waals surface area contributed by atoms with Crippen LogP contribution < -0.4 is 16.0 Å². The number of nitrogens with one attached hydrogen (secondary N) is 3. The van der Waals surface area contributed by atoms with Gasteiger partial charge in [0.25, 0.3) is 5.91 Å². The average Bonchev–Trinajstić information content (AvgIpc) is 3.06. The number of guanidine groups is 1. The lowest BCUT2D eigenvalue weighted by Crippen LogP contribution is -2.40. The third-order valence-corrected chi connectivity index (χ3v) is 5.31. The van der Waals surface area contributed by atoms with Crippen molar-refractivity contribution in [2.45, 2.75) is 25.4 Å². The molecule has 1 heterocycles. The first-order valence-electron chi connectivity index (χ1n) is 8.69. The van der Waals surface area contributed by atoms with E-state index < -0.39 is 5.60 Å². The van der Waals surface area contributed by atoms with Crippen molar-refractivity contribution in [1.82, 2.24) is 16.0 Å². The van der Waals surface area contributed by atoms with E-state index in [1.54, 1.807) is 18.8 Å². The molecule has 4 N–H and O–H groups in total. The number of halogens is 1. The minimum absolute atomic E-state index is 0. The van der Waals surface area contributed by atoms with Gasteiger partial charge in [0.1, 0.15) is 0 Å². The number of thioether (sulfide) groups is 1. The summed E-state index contributed by atoms with van der Waals surface area (Å²) in [6, 6.07) is 7.62. The second-order valence-corrected chi connectivity index (χ2v) is 7.28. The Kier molecular flexibility index (Phi) is 10.3.